The van der Waals surface area contributed by atoms with E-state index >= 15 is 0 Å². The van der Waals surface area contributed by atoms with Crippen LogP contribution in [0.25, 0.3) is 0 Å². The lowest BCUT2D eigenvalue weighted by molar-refractivity contribution is 0.408. The maximum atomic E-state index is 9.54. The number of phenols is 1. The number of aromatic hydroxyl groups is 1. The maximum Gasteiger partial charge on any atom is 0.120 e. The minimum atomic E-state index is 0.120. The minimum Gasteiger partial charge on any atom is -0.508 e. The van der Waals surface area contributed by atoms with Crippen molar-refractivity contribution in [1.82, 2.24) is 5.32 Å². The normalized spacial score (nSPS) is 12.5. The predicted molar refractivity (Wildman–Crippen MR) is 52.1 cm³/mol. The second-order valence-electron chi connectivity index (χ2n) is 2.94. The molecule has 0 fully saturated rings. The van der Waals surface area contributed by atoms with Gasteiger partial charge in [-0.1, -0.05) is 0 Å². The number of hydrogen-bond donors (Lipinski definition) is 2. The monoisotopic (exact) mass is 181 g/mol. The Hall–Kier alpha value is -1.22. The quantitative estimate of drug-likeness (QED) is 0.745. The van der Waals surface area contributed by atoms with Gasteiger partial charge in [-0.3, -0.25) is 0 Å². The van der Waals surface area contributed by atoms with E-state index in [1.165, 1.54) is 0 Å². The van der Waals surface area contributed by atoms with Crippen molar-refractivity contribution in [2.45, 2.75) is 13.0 Å². The van der Waals surface area contributed by atoms with Gasteiger partial charge in [-0.25, -0.2) is 0 Å². The van der Waals surface area contributed by atoms with Gasteiger partial charge < -0.3 is 15.2 Å². The molecule has 0 amide bonds. The molecule has 0 spiro atoms. The Balaban J connectivity index is 3.03. The molecule has 0 heterocycles. The molecule has 0 aliphatic heterocycles. The summed E-state index contributed by atoms with van der Waals surface area (Å²) in [6.45, 7) is 1.98. The fourth-order valence-electron chi connectivity index (χ4n) is 1.16. The summed E-state index contributed by atoms with van der Waals surface area (Å²) in [5, 5.41) is 12.6. The number of benzene rings is 1. The predicted octanol–water partition coefficient (Wildman–Crippen LogP) is 1.68. The van der Waals surface area contributed by atoms with E-state index in [4.69, 9.17) is 4.74 Å². The van der Waals surface area contributed by atoms with Gasteiger partial charge in [-0.15, -0.1) is 0 Å². The highest BCUT2D eigenvalue weighted by Crippen LogP contribution is 2.27. The topological polar surface area (TPSA) is 41.5 Å². The molecule has 1 aromatic rings. The zero-order valence-electron chi connectivity index (χ0n) is 8.16. The number of ether oxygens (including phenoxy) is 1. The van der Waals surface area contributed by atoms with Gasteiger partial charge in [0.15, 0.2) is 0 Å². The summed E-state index contributed by atoms with van der Waals surface area (Å²) in [5.41, 5.74) is 0.849. The fraction of sp³-hybridized carbons (Fsp3) is 0.400. The van der Waals surface area contributed by atoms with Crippen molar-refractivity contribution < 1.29 is 9.84 Å². The van der Waals surface area contributed by atoms with Gasteiger partial charge in [-0.05, 0) is 32.2 Å². The van der Waals surface area contributed by atoms with E-state index < -0.39 is 0 Å². The molecule has 0 aliphatic rings. The largest absolute Gasteiger partial charge is 0.508 e. The van der Waals surface area contributed by atoms with E-state index in [9.17, 15) is 5.11 Å². The van der Waals surface area contributed by atoms with E-state index in [1.54, 1.807) is 19.2 Å². The van der Waals surface area contributed by atoms with Crippen LogP contribution in [0.3, 0.4) is 0 Å². The van der Waals surface area contributed by atoms with Crippen LogP contribution >= 0.6 is 0 Å². The molecule has 2 N–H and O–H groups in total. The van der Waals surface area contributed by atoms with Gasteiger partial charge in [0.2, 0.25) is 0 Å². The average Bonchev–Trinajstić information content (AvgIpc) is 2.17. The molecule has 0 saturated carbocycles. The summed E-state index contributed by atoms with van der Waals surface area (Å²) in [7, 11) is 3.46. The molecule has 0 saturated heterocycles. The second-order valence-corrected chi connectivity index (χ2v) is 2.94. The maximum absolute atomic E-state index is 9.54. The van der Waals surface area contributed by atoms with Gasteiger partial charge >= 0.3 is 0 Å². The molecular weight excluding hydrogens is 166 g/mol. The van der Waals surface area contributed by atoms with Crippen LogP contribution in [-0.4, -0.2) is 19.3 Å². The molecular formula is C10H15NO2. The molecule has 0 unspecified atom stereocenters. The second kappa shape index (κ2) is 4.14. The lowest BCUT2D eigenvalue weighted by Gasteiger charge is -2.13. The van der Waals surface area contributed by atoms with E-state index in [0.717, 1.165) is 11.3 Å². The van der Waals surface area contributed by atoms with Crippen LogP contribution in [0, 0.1) is 0 Å². The Bertz CT molecular complexity index is 286. The molecule has 1 aromatic carbocycles. The first kappa shape index (κ1) is 9.86. The van der Waals surface area contributed by atoms with Crippen LogP contribution in [0.5, 0.6) is 11.5 Å². The standard InChI is InChI=1S/C10H15NO2/c1-7(11-2)9-6-8(13-3)4-5-10(9)12/h4-7,11-12H,1-3H3/t7-/m1/s1. The number of hydrogen-bond acceptors (Lipinski definition) is 3. The number of phenolic OH excluding ortho intramolecular Hbond substituents is 1. The molecule has 13 heavy (non-hydrogen) atoms. The van der Waals surface area contributed by atoms with Crippen LogP contribution in [0.15, 0.2) is 18.2 Å². The fourth-order valence-corrected chi connectivity index (χ4v) is 1.16. The third-order valence-electron chi connectivity index (χ3n) is 2.13. The molecule has 0 aliphatic carbocycles. The van der Waals surface area contributed by atoms with Crippen molar-refractivity contribution >= 4 is 0 Å². The molecule has 3 nitrogen and oxygen atoms in total. The number of methoxy groups -OCH3 is 1. The van der Waals surface area contributed by atoms with Crippen LogP contribution in [-0.2, 0) is 0 Å². The van der Waals surface area contributed by atoms with Gasteiger partial charge in [0.05, 0.1) is 7.11 Å². The van der Waals surface area contributed by atoms with Crippen molar-refractivity contribution in [3.05, 3.63) is 23.8 Å². The first-order valence-electron chi connectivity index (χ1n) is 4.23. The number of rotatable bonds is 3. The molecule has 1 atom stereocenters. The Kier molecular flexibility index (Phi) is 3.14. The summed E-state index contributed by atoms with van der Waals surface area (Å²) < 4.78 is 5.07. The lowest BCUT2D eigenvalue weighted by Crippen LogP contribution is -2.12. The summed E-state index contributed by atoms with van der Waals surface area (Å²) in [4.78, 5) is 0. The molecule has 0 radical (unpaired) electrons. The van der Waals surface area contributed by atoms with Crippen LogP contribution in [0.2, 0.25) is 0 Å². The van der Waals surface area contributed by atoms with E-state index in [-0.39, 0.29) is 6.04 Å². The van der Waals surface area contributed by atoms with E-state index in [0.29, 0.717) is 5.75 Å². The summed E-state index contributed by atoms with van der Waals surface area (Å²) in [6, 6.07) is 5.33. The smallest absolute Gasteiger partial charge is 0.120 e. The van der Waals surface area contributed by atoms with Crippen LogP contribution in [0.4, 0.5) is 0 Å². The summed E-state index contributed by atoms with van der Waals surface area (Å²) in [5.74, 6) is 1.05. The molecule has 0 aromatic heterocycles. The zero-order chi connectivity index (χ0) is 9.84. The lowest BCUT2D eigenvalue weighted by atomic mass is 10.1. The van der Waals surface area contributed by atoms with Gasteiger partial charge in [0.1, 0.15) is 11.5 Å². The van der Waals surface area contributed by atoms with Crippen molar-refractivity contribution in [3.63, 3.8) is 0 Å². The molecule has 1 rings (SSSR count). The van der Waals surface area contributed by atoms with Crippen LogP contribution < -0.4 is 10.1 Å². The van der Waals surface area contributed by atoms with Crippen molar-refractivity contribution in [2.24, 2.45) is 0 Å². The Morgan fingerprint density at radius 1 is 1.46 bits per heavy atom. The highest BCUT2D eigenvalue weighted by Gasteiger charge is 2.08. The zero-order valence-corrected chi connectivity index (χ0v) is 8.16. The first-order valence-corrected chi connectivity index (χ1v) is 4.23. The van der Waals surface area contributed by atoms with Crippen LogP contribution in [0.1, 0.15) is 18.5 Å². The van der Waals surface area contributed by atoms with Crippen molar-refractivity contribution in [1.29, 1.82) is 0 Å². The van der Waals surface area contributed by atoms with Gasteiger partial charge in [0, 0.05) is 11.6 Å². The third kappa shape index (κ3) is 2.12. The first-order chi connectivity index (χ1) is 6.19. The Labute approximate surface area is 78.3 Å². The van der Waals surface area contributed by atoms with Crippen molar-refractivity contribution in [3.8, 4) is 11.5 Å². The SMILES string of the molecule is CN[C@H](C)c1cc(OC)ccc1O. The highest BCUT2D eigenvalue weighted by atomic mass is 16.5. The molecule has 0 bridgehead atoms. The minimum absolute atomic E-state index is 0.120. The number of nitrogens with one attached hydrogen (secondary N) is 1. The average molecular weight is 181 g/mol. The Morgan fingerprint density at radius 2 is 2.15 bits per heavy atom. The van der Waals surface area contributed by atoms with E-state index in [2.05, 4.69) is 5.32 Å². The third-order valence-corrected chi connectivity index (χ3v) is 2.13. The van der Waals surface area contributed by atoms with Crippen molar-refractivity contribution in [2.75, 3.05) is 14.2 Å². The Morgan fingerprint density at radius 3 is 2.69 bits per heavy atom. The highest BCUT2D eigenvalue weighted by molar-refractivity contribution is 5.40. The van der Waals surface area contributed by atoms with Gasteiger partial charge in [0.25, 0.3) is 0 Å². The molecule has 72 valence electrons. The summed E-state index contributed by atoms with van der Waals surface area (Å²) >= 11 is 0. The van der Waals surface area contributed by atoms with Gasteiger partial charge in [-0.2, -0.15) is 0 Å². The molecule has 3 heteroatoms. The van der Waals surface area contributed by atoms with E-state index in [1.807, 2.05) is 20.0 Å². The summed E-state index contributed by atoms with van der Waals surface area (Å²) in [6.07, 6.45) is 0.